The van der Waals surface area contributed by atoms with Gasteiger partial charge < -0.3 is 21.3 Å². The van der Waals surface area contributed by atoms with E-state index in [1.54, 1.807) is 4.90 Å². The molecule has 1 heterocycles. The highest BCUT2D eigenvalue weighted by molar-refractivity contribution is 5.87. The van der Waals surface area contributed by atoms with Crippen molar-refractivity contribution in [1.82, 2.24) is 15.5 Å². The molecule has 4 N–H and O–H groups in total. The van der Waals surface area contributed by atoms with Gasteiger partial charge in [-0.3, -0.25) is 4.79 Å². The Kier molecular flexibility index (Phi) is 9.60. The lowest BCUT2D eigenvalue weighted by Gasteiger charge is -2.34. The number of aryl methyl sites for hydroxylation is 1. The molecule has 7 heteroatoms. The fourth-order valence-electron chi connectivity index (χ4n) is 3.22. The van der Waals surface area contributed by atoms with Gasteiger partial charge in [0, 0.05) is 25.7 Å². The number of hydrogen-bond acceptors (Lipinski definition) is 3. The summed E-state index contributed by atoms with van der Waals surface area (Å²) in [5, 5.41) is 5.70. The lowest BCUT2D eigenvalue weighted by molar-refractivity contribution is -0.134. The van der Waals surface area contributed by atoms with Crippen LogP contribution in [0.3, 0.4) is 0 Å². The van der Waals surface area contributed by atoms with E-state index in [-0.39, 0.29) is 30.4 Å². The minimum atomic E-state index is -0.515. The van der Waals surface area contributed by atoms with Crippen molar-refractivity contribution in [1.29, 1.82) is 0 Å². The molecule has 0 aromatic heterocycles. The molecule has 1 aromatic carbocycles. The van der Waals surface area contributed by atoms with Crippen LogP contribution >= 0.6 is 12.4 Å². The summed E-state index contributed by atoms with van der Waals surface area (Å²) < 4.78 is 0. The number of hydrogen-bond donors (Lipinski definition) is 3. The van der Waals surface area contributed by atoms with E-state index in [0.29, 0.717) is 32.0 Å². The molecule has 1 saturated heterocycles. The van der Waals surface area contributed by atoms with Crippen LogP contribution in [0.25, 0.3) is 0 Å². The van der Waals surface area contributed by atoms with Crippen LogP contribution in [0, 0.1) is 12.8 Å². The maximum Gasteiger partial charge on any atom is 0.315 e. The van der Waals surface area contributed by atoms with Crippen molar-refractivity contribution in [2.24, 2.45) is 11.7 Å². The Balaban J connectivity index is 0.00000364. The zero-order valence-corrected chi connectivity index (χ0v) is 17.3. The molecular formula is C20H33ClN4O2. The number of amides is 3. The fourth-order valence-corrected chi connectivity index (χ4v) is 3.22. The summed E-state index contributed by atoms with van der Waals surface area (Å²) in [7, 11) is 0. The summed E-state index contributed by atoms with van der Waals surface area (Å²) in [5.41, 5.74) is 8.20. The van der Waals surface area contributed by atoms with Gasteiger partial charge in [-0.15, -0.1) is 12.4 Å². The van der Waals surface area contributed by atoms with Gasteiger partial charge >= 0.3 is 6.03 Å². The number of benzene rings is 1. The van der Waals surface area contributed by atoms with Gasteiger partial charge in [-0.2, -0.15) is 0 Å². The number of carbonyl (C=O) groups is 2. The number of carbonyl (C=O) groups excluding carboxylic acids is 2. The number of nitrogens with two attached hydrogens (primary N) is 1. The standard InChI is InChI=1S/C20H32N4O2.ClH/c1-14(2)11-18(19(25)24-10-4-5-17(21)13-24)23-20(26)22-12-16-8-6-15(3)7-9-16;/h6-9,14,17-18H,4-5,10-13,21H2,1-3H3,(H2,22,23,26);1H. The maximum absolute atomic E-state index is 12.9. The van der Waals surface area contributed by atoms with Gasteiger partial charge in [-0.1, -0.05) is 43.7 Å². The molecule has 0 bridgehead atoms. The maximum atomic E-state index is 12.9. The van der Waals surface area contributed by atoms with Crippen molar-refractivity contribution in [3.05, 3.63) is 35.4 Å². The normalized spacial score (nSPS) is 17.8. The predicted molar refractivity (Wildman–Crippen MR) is 111 cm³/mol. The van der Waals surface area contributed by atoms with Gasteiger partial charge in [0.1, 0.15) is 6.04 Å². The number of likely N-dealkylation sites (tertiary alicyclic amines) is 1. The van der Waals surface area contributed by atoms with Crippen molar-refractivity contribution in [2.75, 3.05) is 13.1 Å². The van der Waals surface area contributed by atoms with E-state index in [1.807, 2.05) is 45.0 Å². The van der Waals surface area contributed by atoms with Gasteiger partial charge in [-0.05, 0) is 37.7 Å². The molecule has 2 rings (SSSR count). The van der Waals surface area contributed by atoms with E-state index < -0.39 is 6.04 Å². The Hall–Kier alpha value is -1.79. The van der Waals surface area contributed by atoms with Crippen molar-refractivity contribution in [3.8, 4) is 0 Å². The van der Waals surface area contributed by atoms with Crippen LogP contribution in [0.15, 0.2) is 24.3 Å². The molecule has 0 radical (unpaired) electrons. The van der Waals surface area contributed by atoms with Crippen LogP contribution in [-0.2, 0) is 11.3 Å². The average molecular weight is 397 g/mol. The molecule has 6 nitrogen and oxygen atoms in total. The monoisotopic (exact) mass is 396 g/mol. The number of rotatable bonds is 6. The van der Waals surface area contributed by atoms with E-state index >= 15 is 0 Å². The van der Waals surface area contributed by atoms with Crippen LogP contribution < -0.4 is 16.4 Å². The number of nitrogens with one attached hydrogen (secondary N) is 2. The second-order valence-corrected chi connectivity index (χ2v) is 7.68. The highest BCUT2D eigenvalue weighted by Crippen LogP contribution is 2.13. The molecule has 27 heavy (non-hydrogen) atoms. The number of nitrogens with zero attached hydrogens (tertiary/aromatic N) is 1. The van der Waals surface area contributed by atoms with Crippen molar-refractivity contribution >= 4 is 24.3 Å². The van der Waals surface area contributed by atoms with Crippen molar-refractivity contribution < 1.29 is 9.59 Å². The number of urea groups is 1. The summed E-state index contributed by atoms with van der Waals surface area (Å²) in [6.45, 7) is 7.85. The first kappa shape index (κ1) is 23.2. The molecule has 152 valence electrons. The zero-order valence-electron chi connectivity index (χ0n) is 16.5. The third-order valence-electron chi connectivity index (χ3n) is 4.65. The van der Waals surface area contributed by atoms with Crippen LogP contribution in [0.5, 0.6) is 0 Å². The molecule has 1 fully saturated rings. The Morgan fingerprint density at radius 2 is 1.93 bits per heavy atom. The third-order valence-corrected chi connectivity index (χ3v) is 4.65. The summed E-state index contributed by atoms with van der Waals surface area (Å²) in [6, 6.07) is 7.20. The van der Waals surface area contributed by atoms with Crippen LogP contribution in [0.1, 0.15) is 44.2 Å². The molecular weight excluding hydrogens is 364 g/mol. The first-order chi connectivity index (χ1) is 12.3. The Morgan fingerprint density at radius 3 is 2.52 bits per heavy atom. The van der Waals surface area contributed by atoms with E-state index in [2.05, 4.69) is 10.6 Å². The molecule has 1 aliphatic heterocycles. The Bertz CT molecular complexity index is 607. The predicted octanol–water partition coefficient (Wildman–Crippen LogP) is 2.58. The SMILES string of the molecule is Cc1ccc(CNC(=O)NC(CC(C)C)C(=O)N2CCCC(N)C2)cc1.Cl. The van der Waals surface area contributed by atoms with E-state index in [0.717, 1.165) is 18.4 Å². The Labute approximate surface area is 168 Å². The molecule has 1 aliphatic rings. The highest BCUT2D eigenvalue weighted by Gasteiger charge is 2.29. The van der Waals surface area contributed by atoms with E-state index in [4.69, 9.17) is 5.73 Å². The molecule has 2 unspecified atom stereocenters. The van der Waals surface area contributed by atoms with Crippen LogP contribution in [0.2, 0.25) is 0 Å². The second kappa shape index (κ2) is 11.1. The topological polar surface area (TPSA) is 87.5 Å². The summed E-state index contributed by atoms with van der Waals surface area (Å²) in [4.78, 5) is 27.0. The van der Waals surface area contributed by atoms with Gasteiger partial charge in [0.05, 0.1) is 0 Å². The van der Waals surface area contributed by atoms with Gasteiger partial charge in [0.2, 0.25) is 5.91 Å². The lowest BCUT2D eigenvalue weighted by atomic mass is 10.0. The summed E-state index contributed by atoms with van der Waals surface area (Å²) in [6.07, 6.45) is 2.48. The number of piperidine rings is 1. The largest absolute Gasteiger partial charge is 0.339 e. The third kappa shape index (κ3) is 7.77. The summed E-state index contributed by atoms with van der Waals surface area (Å²) >= 11 is 0. The molecule has 2 atom stereocenters. The van der Waals surface area contributed by atoms with Crippen LogP contribution in [-0.4, -0.2) is 42.0 Å². The van der Waals surface area contributed by atoms with Gasteiger partial charge in [-0.25, -0.2) is 4.79 Å². The van der Waals surface area contributed by atoms with Crippen molar-refractivity contribution in [3.63, 3.8) is 0 Å². The van der Waals surface area contributed by atoms with Gasteiger partial charge in [0.15, 0.2) is 0 Å². The van der Waals surface area contributed by atoms with E-state index in [9.17, 15) is 9.59 Å². The minimum absolute atomic E-state index is 0. The average Bonchev–Trinajstić information content (AvgIpc) is 2.59. The van der Waals surface area contributed by atoms with Crippen molar-refractivity contribution in [2.45, 2.75) is 58.7 Å². The number of halogens is 1. The smallest absolute Gasteiger partial charge is 0.315 e. The fraction of sp³-hybridized carbons (Fsp3) is 0.600. The molecule has 0 spiro atoms. The molecule has 3 amide bonds. The molecule has 1 aromatic rings. The lowest BCUT2D eigenvalue weighted by Crippen LogP contribution is -2.55. The molecule has 0 aliphatic carbocycles. The van der Waals surface area contributed by atoms with Crippen LogP contribution in [0.4, 0.5) is 4.79 Å². The van der Waals surface area contributed by atoms with E-state index in [1.165, 1.54) is 5.56 Å². The van der Waals surface area contributed by atoms with Gasteiger partial charge in [0.25, 0.3) is 0 Å². The minimum Gasteiger partial charge on any atom is -0.339 e. The Morgan fingerprint density at radius 1 is 1.26 bits per heavy atom. The quantitative estimate of drug-likeness (QED) is 0.690. The second-order valence-electron chi connectivity index (χ2n) is 7.68. The highest BCUT2D eigenvalue weighted by atomic mass is 35.5. The molecule has 0 saturated carbocycles. The first-order valence-corrected chi connectivity index (χ1v) is 9.49. The summed E-state index contributed by atoms with van der Waals surface area (Å²) in [5.74, 6) is 0.277. The first-order valence-electron chi connectivity index (χ1n) is 9.49. The zero-order chi connectivity index (χ0) is 19.1.